The molecule has 0 amide bonds. The molecular weight excluding hydrogens is 250 g/mol. The van der Waals surface area contributed by atoms with E-state index in [1.807, 2.05) is 4.90 Å². The molecule has 1 N–H and O–H groups in total. The zero-order chi connectivity index (χ0) is 12.5. The molecule has 0 aromatic carbocycles. The fourth-order valence-electron chi connectivity index (χ4n) is 2.08. The zero-order valence-electron chi connectivity index (χ0n) is 9.74. The Morgan fingerprint density at radius 1 is 1.39 bits per heavy atom. The molecule has 6 heteroatoms. The molecule has 0 radical (unpaired) electrons. The van der Waals surface area contributed by atoms with Crippen LogP contribution in [-0.2, 0) is 0 Å². The van der Waals surface area contributed by atoms with Crippen molar-refractivity contribution >= 4 is 26.7 Å². The van der Waals surface area contributed by atoms with Gasteiger partial charge in [-0.2, -0.15) is 4.98 Å². The molecule has 1 fully saturated rings. The highest BCUT2D eigenvalue weighted by atomic mass is 32.1. The van der Waals surface area contributed by atoms with E-state index in [4.69, 9.17) is 0 Å². The van der Waals surface area contributed by atoms with Crippen molar-refractivity contribution in [2.45, 2.75) is 18.9 Å². The van der Waals surface area contributed by atoms with Crippen LogP contribution in [0.1, 0.15) is 12.8 Å². The number of nitrogens with zero attached hydrogens (tertiary/aromatic N) is 3. The maximum absolute atomic E-state index is 11.9. The van der Waals surface area contributed by atoms with Crippen LogP contribution in [-0.4, -0.2) is 34.3 Å². The smallest absolute Gasteiger partial charge is 0.282 e. The normalized spacial score (nSPS) is 17.3. The van der Waals surface area contributed by atoms with Gasteiger partial charge in [0, 0.05) is 19.3 Å². The van der Waals surface area contributed by atoms with E-state index >= 15 is 0 Å². The first-order valence-electron chi connectivity index (χ1n) is 5.93. The number of anilines is 1. The van der Waals surface area contributed by atoms with Crippen molar-refractivity contribution in [3.63, 3.8) is 0 Å². The van der Waals surface area contributed by atoms with Crippen LogP contribution in [0.25, 0.3) is 10.2 Å². The maximum Gasteiger partial charge on any atom is 0.282 e. The molecule has 1 saturated heterocycles. The van der Waals surface area contributed by atoms with E-state index in [2.05, 4.69) is 9.97 Å². The first kappa shape index (κ1) is 11.6. The average molecular weight is 263 g/mol. The molecule has 0 unspecified atom stereocenters. The minimum absolute atomic E-state index is 0.224. The average Bonchev–Trinajstić information content (AvgIpc) is 2.39. The molecule has 3 heterocycles. The highest BCUT2D eigenvalue weighted by Gasteiger charge is 2.19. The second-order valence-electron chi connectivity index (χ2n) is 4.38. The van der Waals surface area contributed by atoms with Crippen molar-refractivity contribution in [3.8, 4) is 0 Å². The summed E-state index contributed by atoms with van der Waals surface area (Å²) >= 11 is 1.43. The van der Waals surface area contributed by atoms with Gasteiger partial charge in [0.15, 0.2) is 5.13 Å². The highest BCUT2D eigenvalue weighted by molar-refractivity contribution is 7.21. The van der Waals surface area contributed by atoms with Crippen LogP contribution in [0.5, 0.6) is 0 Å². The summed E-state index contributed by atoms with van der Waals surface area (Å²) in [6.07, 6.45) is 2.91. The topological polar surface area (TPSA) is 66.3 Å². The molecule has 0 bridgehead atoms. The van der Waals surface area contributed by atoms with Gasteiger partial charge in [-0.3, -0.25) is 4.79 Å². The number of rotatable bonds is 1. The lowest BCUT2D eigenvalue weighted by molar-refractivity contribution is 0.145. The van der Waals surface area contributed by atoms with Crippen LogP contribution in [0.4, 0.5) is 5.13 Å². The van der Waals surface area contributed by atoms with Gasteiger partial charge >= 0.3 is 0 Å². The van der Waals surface area contributed by atoms with Gasteiger partial charge in [0.05, 0.1) is 11.5 Å². The second-order valence-corrected chi connectivity index (χ2v) is 5.33. The summed E-state index contributed by atoms with van der Waals surface area (Å²) in [5.41, 5.74) is -0.224. The maximum atomic E-state index is 11.9. The van der Waals surface area contributed by atoms with E-state index in [0.29, 0.717) is 10.5 Å². The Balaban J connectivity index is 2.00. The van der Waals surface area contributed by atoms with Gasteiger partial charge in [0.1, 0.15) is 4.83 Å². The Bertz CT molecular complexity index is 620. The van der Waals surface area contributed by atoms with E-state index in [1.165, 1.54) is 11.3 Å². The van der Waals surface area contributed by atoms with Crippen LogP contribution in [0.3, 0.4) is 0 Å². The van der Waals surface area contributed by atoms with Crippen LogP contribution in [0.15, 0.2) is 23.1 Å². The molecule has 0 atom stereocenters. The van der Waals surface area contributed by atoms with Crippen molar-refractivity contribution < 1.29 is 5.11 Å². The fourth-order valence-corrected chi connectivity index (χ4v) is 3.08. The summed E-state index contributed by atoms with van der Waals surface area (Å²) in [4.78, 5) is 23.0. The van der Waals surface area contributed by atoms with E-state index in [9.17, 15) is 9.90 Å². The molecule has 2 aromatic heterocycles. The summed E-state index contributed by atoms with van der Waals surface area (Å²) in [5.74, 6) is 0. The van der Waals surface area contributed by atoms with Crippen LogP contribution in [0, 0.1) is 0 Å². The quantitative estimate of drug-likeness (QED) is 0.832. The largest absolute Gasteiger partial charge is 0.393 e. The minimum Gasteiger partial charge on any atom is -0.393 e. The van der Waals surface area contributed by atoms with Gasteiger partial charge in [-0.25, -0.2) is 4.98 Å². The lowest BCUT2D eigenvalue weighted by Gasteiger charge is -2.29. The van der Waals surface area contributed by atoms with E-state index in [0.717, 1.165) is 30.8 Å². The lowest BCUT2D eigenvalue weighted by atomic mass is 10.1. The number of aliphatic hydroxyl groups is 1. The molecule has 3 rings (SSSR count). The van der Waals surface area contributed by atoms with E-state index in [-0.39, 0.29) is 11.7 Å². The minimum atomic E-state index is -0.225. The Morgan fingerprint density at radius 2 is 2.17 bits per heavy atom. The second kappa shape index (κ2) is 4.62. The molecule has 94 valence electrons. The van der Waals surface area contributed by atoms with Crippen molar-refractivity contribution in [1.29, 1.82) is 0 Å². The highest BCUT2D eigenvalue weighted by Crippen LogP contribution is 2.24. The molecule has 0 spiro atoms. The Hall–Kier alpha value is -1.53. The summed E-state index contributed by atoms with van der Waals surface area (Å²) in [6.45, 7) is 1.48. The molecule has 1 aliphatic rings. The summed E-state index contributed by atoms with van der Waals surface area (Å²) < 4.78 is 0. The zero-order valence-corrected chi connectivity index (χ0v) is 10.6. The fraction of sp³-hybridized carbons (Fsp3) is 0.417. The number of hydrogen-bond acceptors (Lipinski definition) is 6. The van der Waals surface area contributed by atoms with Crippen molar-refractivity contribution in [2.24, 2.45) is 0 Å². The number of aliphatic hydroxyl groups excluding tert-OH is 1. The van der Waals surface area contributed by atoms with Gasteiger partial charge in [0.2, 0.25) is 0 Å². The number of pyridine rings is 1. The summed E-state index contributed by atoms with van der Waals surface area (Å²) in [7, 11) is 0. The third-order valence-corrected chi connectivity index (χ3v) is 4.17. The molecule has 2 aromatic rings. The van der Waals surface area contributed by atoms with Crippen LogP contribution >= 0.6 is 11.3 Å². The third-order valence-electron chi connectivity index (χ3n) is 3.12. The Morgan fingerprint density at radius 3 is 2.94 bits per heavy atom. The van der Waals surface area contributed by atoms with Crippen LogP contribution in [0.2, 0.25) is 0 Å². The number of aromatic nitrogens is 2. The first-order chi connectivity index (χ1) is 8.74. The molecule has 18 heavy (non-hydrogen) atoms. The van der Waals surface area contributed by atoms with Crippen molar-refractivity contribution in [3.05, 3.63) is 28.7 Å². The molecular formula is C12H13N3O2S. The third kappa shape index (κ3) is 2.09. The summed E-state index contributed by atoms with van der Waals surface area (Å²) in [5, 5.41) is 10.8. The van der Waals surface area contributed by atoms with Gasteiger partial charge in [-0.05, 0) is 25.0 Å². The van der Waals surface area contributed by atoms with Crippen LogP contribution < -0.4 is 10.5 Å². The Kier molecular flexibility index (Phi) is 2.97. The standard InChI is InChI=1S/C12H13N3O2S/c16-8-3-6-15(7-4-8)12-14-10(17)9-2-1-5-13-11(9)18-12/h1-2,5,8,16H,3-4,6-7H2. The van der Waals surface area contributed by atoms with E-state index in [1.54, 1.807) is 18.3 Å². The van der Waals surface area contributed by atoms with Gasteiger partial charge in [-0.15, -0.1) is 0 Å². The van der Waals surface area contributed by atoms with Gasteiger partial charge < -0.3 is 10.0 Å². The number of piperidine rings is 1. The predicted octanol–water partition coefficient (Wildman–Crippen LogP) is 1.01. The van der Waals surface area contributed by atoms with Crippen molar-refractivity contribution in [2.75, 3.05) is 18.0 Å². The van der Waals surface area contributed by atoms with Crippen molar-refractivity contribution in [1.82, 2.24) is 9.97 Å². The SMILES string of the molecule is O=c1nc(N2CCC(O)CC2)sc2ncccc12. The predicted molar refractivity (Wildman–Crippen MR) is 71.1 cm³/mol. The van der Waals surface area contributed by atoms with Gasteiger partial charge in [0.25, 0.3) is 5.56 Å². The summed E-state index contributed by atoms with van der Waals surface area (Å²) in [6, 6.07) is 3.49. The molecule has 0 saturated carbocycles. The molecule has 1 aliphatic heterocycles. The monoisotopic (exact) mass is 263 g/mol. The Labute approximate surface area is 108 Å². The molecule has 0 aliphatic carbocycles. The lowest BCUT2D eigenvalue weighted by Crippen LogP contribution is -2.36. The molecule has 5 nitrogen and oxygen atoms in total. The first-order valence-corrected chi connectivity index (χ1v) is 6.74. The number of fused-ring (bicyclic) bond motifs is 1. The number of hydrogen-bond donors (Lipinski definition) is 1. The van der Waals surface area contributed by atoms with E-state index < -0.39 is 0 Å². The van der Waals surface area contributed by atoms with Gasteiger partial charge in [-0.1, -0.05) is 11.3 Å².